The first-order valence-electron chi connectivity index (χ1n) is 6.97. The summed E-state index contributed by atoms with van der Waals surface area (Å²) < 4.78 is 30.0. The third-order valence-electron chi connectivity index (χ3n) is 3.10. The Morgan fingerprint density at radius 1 is 1.21 bits per heavy atom. The van der Waals surface area contributed by atoms with Gasteiger partial charge in [-0.05, 0) is 35.9 Å². The molecule has 0 saturated heterocycles. The van der Waals surface area contributed by atoms with Crippen LogP contribution >= 0.6 is 11.6 Å². The van der Waals surface area contributed by atoms with E-state index in [0.717, 1.165) is 11.8 Å². The molecule has 2 rings (SSSR count). The average molecular weight is 369 g/mol. The number of nitrogens with one attached hydrogen (secondary N) is 2. The Balaban J connectivity index is 2.12. The summed E-state index contributed by atoms with van der Waals surface area (Å²) in [5.41, 5.74) is 1.32. The zero-order chi connectivity index (χ0) is 17.7. The zero-order valence-electron chi connectivity index (χ0n) is 13.2. The lowest BCUT2D eigenvalue weighted by atomic mass is 10.1. The van der Waals surface area contributed by atoms with Gasteiger partial charge in [-0.3, -0.25) is 9.52 Å². The number of carbonyl (C=O) groups excluding carboxylic acids is 1. The molecule has 0 spiro atoms. The number of benzene rings is 2. The topological polar surface area (TPSA) is 84.5 Å². The van der Waals surface area contributed by atoms with Gasteiger partial charge in [0.05, 0.1) is 24.0 Å². The van der Waals surface area contributed by atoms with Crippen LogP contribution in [0.1, 0.15) is 15.9 Å². The minimum atomic E-state index is -3.43. The van der Waals surface area contributed by atoms with Gasteiger partial charge in [0, 0.05) is 12.2 Å². The molecule has 2 aromatic carbocycles. The van der Waals surface area contributed by atoms with Gasteiger partial charge >= 0.3 is 0 Å². The molecule has 24 heavy (non-hydrogen) atoms. The molecular formula is C16H17ClN2O4S. The molecule has 2 N–H and O–H groups in total. The van der Waals surface area contributed by atoms with Crippen molar-refractivity contribution in [3.8, 4) is 5.75 Å². The molecule has 0 aromatic heterocycles. The number of halogens is 1. The van der Waals surface area contributed by atoms with Crippen molar-refractivity contribution in [1.82, 2.24) is 5.32 Å². The van der Waals surface area contributed by atoms with E-state index in [9.17, 15) is 13.2 Å². The average Bonchev–Trinajstić information content (AvgIpc) is 2.53. The molecule has 0 aliphatic rings. The van der Waals surface area contributed by atoms with Crippen LogP contribution in [0.15, 0.2) is 42.5 Å². The molecule has 0 heterocycles. The fraction of sp³-hybridized carbons (Fsp3) is 0.188. The molecule has 128 valence electrons. The summed E-state index contributed by atoms with van der Waals surface area (Å²) in [6.07, 6.45) is 1.03. The molecular weight excluding hydrogens is 352 g/mol. The predicted octanol–water partition coefficient (Wildman–Crippen LogP) is 2.65. The Morgan fingerprint density at radius 3 is 2.62 bits per heavy atom. The van der Waals surface area contributed by atoms with Crippen LogP contribution in [-0.4, -0.2) is 27.7 Å². The minimum Gasteiger partial charge on any atom is -0.497 e. The number of hydrogen-bond acceptors (Lipinski definition) is 4. The molecule has 0 atom stereocenters. The lowest BCUT2D eigenvalue weighted by Gasteiger charge is -2.10. The smallest absolute Gasteiger partial charge is 0.253 e. The molecule has 0 radical (unpaired) electrons. The van der Waals surface area contributed by atoms with Crippen LogP contribution in [0, 0.1) is 0 Å². The maximum Gasteiger partial charge on any atom is 0.253 e. The largest absolute Gasteiger partial charge is 0.497 e. The first kappa shape index (κ1) is 18.1. The Hall–Kier alpha value is -2.25. The second-order valence-corrected chi connectivity index (χ2v) is 7.26. The monoisotopic (exact) mass is 368 g/mol. The Morgan fingerprint density at radius 2 is 1.96 bits per heavy atom. The number of hydrogen-bond donors (Lipinski definition) is 2. The normalized spacial score (nSPS) is 11.0. The third-order valence-corrected chi connectivity index (χ3v) is 4.04. The highest BCUT2D eigenvalue weighted by Gasteiger charge is 2.12. The van der Waals surface area contributed by atoms with Crippen molar-refractivity contribution in [2.24, 2.45) is 0 Å². The minimum absolute atomic E-state index is 0.188. The van der Waals surface area contributed by atoms with E-state index in [2.05, 4.69) is 10.0 Å². The summed E-state index contributed by atoms with van der Waals surface area (Å²) in [4.78, 5) is 12.3. The van der Waals surface area contributed by atoms with Crippen LogP contribution in [0.2, 0.25) is 5.02 Å². The summed E-state index contributed by atoms with van der Waals surface area (Å²) in [7, 11) is -1.87. The Kier molecular flexibility index (Phi) is 5.69. The third kappa shape index (κ3) is 5.14. The summed E-state index contributed by atoms with van der Waals surface area (Å²) in [6.45, 7) is 0.288. The van der Waals surface area contributed by atoms with Crippen LogP contribution in [0.25, 0.3) is 0 Å². The molecule has 0 fully saturated rings. The van der Waals surface area contributed by atoms with Crippen LogP contribution in [0.4, 0.5) is 5.69 Å². The second kappa shape index (κ2) is 7.55. The highest BCUT2D eigenvalue weighted by molar-refractivity contribution is 7.92. The Bertz CT molecular complexity index is 853. The van der Waals surface area contributed by atoms with Crippen molar-refractivity contribution in [2.75, 3.05) is 18.1 Å². The van der Waals surface area contributed by atoms with Crippen molar-refractivity contribution < 1.29 is 17.9 Å². The van der Waals surface area contributed by atoms with E-state index < -0.39 is 15.9 Å². The van der Waals surface area contributed by atoms with E-state index in [1.807, 2.05) is 24.3 Å². The van der Waals surface area contributed by atoms with Gasteiger partial charge in [-0.1, -0.05) is 23.7 Å². The van der Waals surface area contributed by atoms with Crippen molar-refractivity contribution in [1.29, 1.82) is 0 Å². The van der Waals surface area contributed by atoms with E-state index in [-0.39, 0.29) is 22.8 Å². The van der Waals surface area contributed by atoms with E-state index in [4.69, 9.17) is 16.3 Å². The fourth-order valence-corrected chi connectivity index (χ4v) is 2.80. The van der Waals surface area contributed by atoms with Gasteiger partial charge in [0.15, 0.2) is 0 Å². The van der Waals surface area contributed by atoms with Crippen molar-refractivity contribution >= 4 is 33.2 Å². The molecule has 0 bridgehead atoms. The quantitative estimate of drug-likeness (QED) is 0.820. The Labute approximate surface area is 145 Å². The molecule has 0 saturated carbocycles. The van der Waals surface area contributed by atoms with Gasteiger partial charge in [-0.2, -0.15) is 0 Å². The highest BCUT2D eigenvalue weighted by atomic mass is 35.5. The molecule has 8 heteroatoms. The van der Waals surface area contributed by atoms with Crippen LogP contribution < -0.4 is 14.8 Å². The van der Waals surface area contributed by atoms with Crippen molar-refractivity contribution in [3.05, 3.63) is 58.6 Å². The van der Waals surface area contributed by atoms with Gasteiger partial charge in [-0.25, -0.2) is 8.42 Å². The molecule has 0 aliphatic carbocycles. The number of amides is 1. The van der Waals surface area contributed by atoms with E-state index in [1.54, 1.807) is 7.11 Å². The summed E-state index contributed by atoms with van der Waals surface area (Å²) >= 11 is 6.03. The maximum atomic E-state index is 12.3. The standard InChI is InChI=1S/C16H17ClN2O4S/c1-23-13-5-3-4-11(8-13)10-18-16(20)14-9-12(6-7-15(14)17)19-24(2,21)22/h3-9,19H,10H2,1-2H3,(H,18,20). The van der Waals surface area contributed by atoms with Crippen molar-refractivity contribution in [2.45, 2.75) is 6.54 Å². The van der Waals surface area contributed by atoms with Crippen LogP contribution in [-0.2, 0) is 16.6 Å². The lowest BCUT2D eigenvalue weighted by Crippen LogP contribution is -2.23. The van der Waals surface area contributed by atoms with E-state index >= 15 is 0 Å². The lowest BCUT2D eigenvalue weighted by molar-refractivity contribution is 0.0951. The van der Waals surface area contributed by atoms with Gasteiger partial charge in [0.25, 0.3) is 5.91 Å². The van der Waals surface area contributed by atoms with Crippen molar-refractivity contribution in [3.63, 3.8) is 0 Å². The summed E-state index contributed by atoms with van der Waals surface area (Å²) in [6, 6.07) is 11.6. The molecule has 0 aliphatic heterocycles. The number of ether oxygens (including phenoxy) is 1. The number of sulfonamides is 1. The number of rotatable bonds is 6. The SMILES string of the molecule is COc1cccc(CNC(=O)c2cc(NS(C)(=O)=O)ccc2Cl)c1. The molecule has 0 unspecified atom stereocenters. The maximum absolute atomic E-state index is 12.3. The first-order valence-corrected chi connectivity index (χ1v) is 9.24. The van der Waals surface area contributed by atoms with Gasteiger partial charge in [-0.15, -0.1) is 0 Å². The second-order valence-electron chi connectivity index (χ2n) is 5.10. The van der Waals surface area contributed by atoms with E-state index in [0.29, 0.717) is 5.75 Å². The zero-order valence-corrected chi connectivity index (χ0v) is 14.7. The summed E-state index contributed by atoms with van der Waals surface area (Å²) in [5, 5.41) is 2.97. The fourth-order valence-electron chi connectivity index (χ4n) is 2.04. The number of methoxy groups -OCH3 is 1. The molecule has 2 aromatic rings. The van der Waals surface area contributed by atoms with Gasteiger partial charge in [0.1, 0.15) is 5.75 Å². The first-order chi connectivity index (χ1) is 11.3. The predicted molar refractivity (Wildman–Crippen MR) is 94.1 cm³/mol. The number of carbonyl (C=O) groups is 1. The van der Waals surface area contributed by atoms with Gasteiger partial charge < -0.3 is 10.1 Å². The van der Waals surface area contributed by atoms with Crippen LogP contribution in [0.5, 0.6) is 5.75 Å². The van der Waals surface area contributed by atoms with Gasteiger partial charge in [0.2, 0.25) is 10.0 Å². The van der Waals surface area contributed by atoms with Crippen LogP contribution in [0.3, 0.4) is 0 Å². The molecule has 6 nitrogen and oxygen atoms in total. The highest BCUT2D eigenvalue weighted by Crippen LogP contribution is 2.21. The molecule has 1 amide bonds. The number of anilines is 1. The summed E-state index contributed by atoms with van der Waals surface area (Å²) in [5.74, 6) is 0.291. The van der Waals surface area contributed by atoms with E-state index in [1.165, 1.54) is 18.2 Å².